The molecule has 0 atom stereocenters. The largest absolute Gasteiger partial charge is 0.457 e. The molecule has 1 aromatic rings. The van der Waals surface area contributed by atoms with Gasteiger partial charge in [-0.3, -0.25) is 0 Å². The normalized spacial score (nSPS) is 20.4. The van der Waals surface area contributed by atoms with Crippen LogP contribution in [-0.2, 0) is 11.2 Å². The summed E-state index contributed by atoms with van der Waals surface area (Å²) in [7, 11) is 0. The third-order valence-corrected chi connectivity index (χ3v) is 4.02. The molecule has 1 aromatic heterocycles. The summed E-state index contributed by atoms with van der Waals surface area (Å²) in [6.07, 6.45) is 4.86. The number of rotatable bonds is 3. The summed E-state index contributed by atoms with van der Waals surface area (Å²) in [5.41, 5.74) is 1.41. The maximum absolute atomic E-state index is 6.10. The van der Waals surface area contributed by atoms with Gasteiger partial charge in [-0.15, -0.1) is 11.6 Å². The number of ether oxygens (including phenoxy) is 1. The summed E-state index contributed by atoms with van der Waals surface area (Å²) in [5, 5.41) is 0. The van der Waals surface area contributed by atoms with Crippen molar-refractivity contribution in [1.29, 1.82) is 0 Å². The Hall–Kier alpha value is 0.01000. The fourth-order valence-electron chi connectivity index (χ4n) is 2.03. The molecule has 0 radical (unpaired) electrons. The first-order chi connectivity index (χ1) is 7.24. The number of hydrogen-bond acceptors (Lipinski definition) is 2. The lowest BCUT2D eigenvalue weighted by Crippen LogP contribution is -2.33. The molecule has 1 aliphatic heterocycles. The van der Waals surface area contributed by atoms with Gasteiger partial charge >= 0.3 is 0 Å². The Morgan fingerprint density at radius 3 is 2.67 bits per heavy atom. The van der Waals surface area contributed by atoms with E-state index in [9.17, 15) is 0 Å². The van der Waals surface area contributed by atoms with Crippen LogP contribution < -0.4 is 0 Å². The van der Waals surface area contributed by atoms with Crippen LogP contribution in [0.2, 0.25) is 0 Å². The van der Waals surface area contributed by atoms with E-state index in [1.807, 2.05) is 6.07 Å². The van der Waals surface area contributed by atoms with Crippen molar-refractivity contribution in [2.45, 2.75) is 19.3 Å². The second-order valence-corrected chi connectivity index (χ2v) is 5.23. The molecule has 0 bridgehead atoms. The summed E-state index contributed by atoms with van der Waals surface area (Å²) in [5.74, 6) is 0.694. The van der Waals surface area contributed by atoms with E-state index in [0.717, 1.165) is 37.1 Å². The van der Waals surface area contributed by atoms with E-state index in [0.29, 0.717) is 5.88 Å². The molecule has 0 N–H and O–H groups in total. The monoisotopic (exact) mass is 292 g/mol. The molecular formula is C11H14BrClO2. The third-order valence-electron chi connectivity index (χ3n) is 3.04. The van der Waals surface area contributed by atoms with Gasteiger partial charge in [0.15, 0.2) is 4.67 Å². The van der Waals surface area contributed by atoms with Crippen molar-refractivity contribution in [1.82, 2.24) is 0 Å². The number of furan rings is 1. The predicted molar refractivity (Wildman–Crippen MR) is 63.3 cm³/mol. The van der Waals surface area contributed by atoms with Gasteiger partial charge in [-0.2, -0.15) is 0 Å². The Kier molecular flexibility index (Phi) is 3.75. The van der Waals surface area contributed by atoms with Crippen molar-refractivity contribution >= 4 is 27.5 Å². The molecule has 2 nitrogen and oxygen atoms in total. The molecule has 1 aliphatic rings. The van der Waals surface area contributed by atoms with Crippen LogP contribution in [0.15, 0.2) is 21.4 Å². The summed E-state index contributed by atoms with van der Waals surface area (Å²) >= 11 is 9.41. The number of halogens is 2. The fourth-order valence-corrected chi connectivity index (χ4v) is 2.78. The minimum Gasteiger partial charge on any atom is -0.457 e. The van der Waals surface area contributed by atoms with Crippen LogP contribution in [0.1, 0.15) is 18.4 Å². The first-order valence-corrected chi connectivity index (χ1v) is 6.43. The van der Waals surface area contributed by atoms with Crippen LogP contribution in [0.25, 0.3) is 0 Å². The summed E-state index contributed by atoms with van der Waals surface area (Å²) in [6, 6.07) is 2.02. The van der Waals surface area contributed by atoms with Gasteiger partial charge in [0.05, 0.1) is 6.26 Å². The third kappa shape index (κ3) is 2.77. The van der Waals surface area contributed by atoms with Crippen molar-refractivity contribution < 1.29 is 9.15 Å². The minimum absolute atomic E-state index is 0.198. The fraction of sp³-hybridized carbons (Fsp3) is 0.636. The van der Waals surface area contributed by atoms with E-state index >= 15 is 0 Å². The molecule has 15 heavy (non-hydrogen) atoms. The molecule has 1 saturated heterocycles. The summed E-state index contributed by atoms with van der Waals surface area (Å²) in [6.45, 7) is 1.65. The standard InChI is InChI=1S/C11H14BrClO2/c12-10-5-9(7-15-10)6-11(8-13)1-3-14-4-2-11/h5,7H,1-4,6,8H2. The van der Waals surface area contributed by atoms with Crippen LogP contribution in [-0.4, -0.2) is 19.1 Å². The van der Waals surface area contributed by atoms with E-state index < -0.39 is 0 Å². The molecule has 84 valence electrons. The molecule has 0 amide bonds. The van der Waals surface area contributed by atoms with Crippen LogP contribution in [0, 0.1) is 5.41 Å². The van der Waals surface area contributed by atoms with Gasteiger partial charge in [-0.05, 0) is 52.2 Å². The van der Waals surface area contributed by atoms with Crippen molar-refractivity contribution in [3.05, 3.63) is 22.6 Å². The number of hydrogen-bond donors (Lipinski definition) is 0. The maximum Gasteiger partial charge on any atom is 0.169 e. The average molecular weight is 294 g/mol. The Morgan fingerprint density at radius 2 is 2.13 bits per heavy atom. The zero-order chi connectivity index (χ0) is 10.7. The number of alkyl halides is 1. The SMILES string of the molecule is ClCC1(Cc2coc(Br)c2)CCOCC1. The molecule has 0 aromatic carbocycles. The van der Waals surface area contributed by atoms with Crippen molar-refractivity contribution in [2.75, 3.05) is 19.1 Å². The van der Waals surface area contributed by atoms with Gasteiger partial charge in [0, 0.05) is 19.1 Å². The van der Waals surface area contributed by atoms with Crippen LogP contribution >= 0.6 is 27.5 Å². The summed E-state index contributed by atoms with van der Waals surface area (Å²) < 4.78 is 11.4. The van der Waals surface area contributed by atoms with Crippen molar-refractivity contribution in [3.63, 3.8) is 0 Å². The van der Waals surface area contributed by atoms with Gasteiger partial charge in [0.1, 0.15) is 0 Å². The Morgan fingerprint density at radius 1 is 1.40 bits per heavy atom. The molecule has 0 spiro atoms. The van der Waals surface area contributed by atoms with Crippen molar-refractivity contribution in [2.24, 2.45) is 5.41 Å². The summed E-state index contributed by atoms with van der Waals surface area (Å²) in [4.78, 5) is 0. The van der Waals surface area contributed by atoms with E-state index in [1.165, 1.54) is 5.56 Å². The van der Waals surface area contributed by atoms with Crippen LogP contribution in [0.5, 0.6) is 0 Å². The van der Waals surface area contributed by atoms with Gasteiger partial charge in [-0.25, -0.2) is 0 Å². The first-order valence-electron chi connectivity index (χ1n) is 5.11. The molecule has 1 fully saturated rings. The van der Waals surface area contributed by atoms with Crippen LogP contribution in [0.4, 0.5) is 0 Å². The molecular weight excluding hydrogens is 279 g/mol. The highest BCUT2D eigenvalue weighted by atomic mass is 79.9. The lowest BCUT2D eigenvalue weighted by atomic mass is 9.77. The average Bonchev–Trinajstić information content (AvgIpc) is 2.65. The molecule has 0 unspecified atom stereocenters. The Bertz CT molecular complexity index is 318. The predicted octanol–water partition coefficient (Wildman–Crippen LogP) is 3.62. The first kappa shape index (κ1) is 11.5. The van der Waals surface area contributed by atoms with E-state index in [-0.39, 0.29) is 5.41 Å². The highest BCUT2D eigenvalue weighted by Crippen LogP contribution is 2.36. The van der Waals surface area contributed by atoms with E-state index in [2.05, 4.69) is 15.9 Å². The lowest BCUT2D eigenvalue weighted by Gasteiger charge is -2.35. The maximum atomic E-state index is 6.10. The topological polar surface area (TPSA) is 22.4 Å². The highest BCUT2D eigenvalue weighted by molar-refractivity contribution is 9.10. The molecule has 4 heteroatoms. The molecule has 2 rings (SSSR count). The smallest absolute Gasteiger partial charge is 0.169 e. The second kappa shape index (κ2) is 4.89. The lowest BCUT2D eigenvalue weighted by molar-refractivity contribution is 0.0257. The Labute approximate surface area is 103 Å². The van der Waals surface area contributed by atoms with Gasteiger partial charge in [0.2, 0.25) is 0 Å². The zero-order valence-electron chi connectivity index (χ0n) is 8.47. The van der Waals surface area contributed by atoms with Gasteiger partial charge in [-0.1, -0.05) is 0 Å². The molecule has 0 saturated carbocycles. The molecule has 0 aliphatic carbocycles. The molecule has 2 heterocycles. The van der Waals surface area contributed by atoms with Gasteiger partial charge < -0.3 is 9.15 Å². The van der Waals surface area contributed by atoms with Crippen LogP contribution in [0.3, 0.4) is 0 Å². The van der Waals surface area contributed by atoms with E-state index in [1.54, 1.807) is 6.26 Å². The Balaban J connectivity index is 2.06. The minimum atomic E-state index is 0.198. The van der Waals surface area contributed by atoms with Crippen molar-refractivity contribution in [3.8, 4) is 0 Å². The van der Waals surface area contributed by atoms with E-state index in [4.69, 9.17) is 20.8 Å². The quantitative estimate of drug-likeness (QED) is 0.794. The second-order valence-electron chi connectivity index (χ2n) is 4.18. The van der Waals surface area contributed by atoms with Gasteiger partial charge in [0.25, 0.3) is 0 Å². The zero-order valence-corrected chi connectivity index (χ0v) is 10.8. The highest BCUT2D eigenvalue weighted by Gasteiger charge is 2.32.